The highest BCUT2D eigenvalue weighted by molar-refractivity contribution is 5.98. The summed E-state index contributed by atoms with van der Waals surface area (Å²) >= 11 is 0. The van der Waals surface area contributed by atoms with Crippen LogP contribution in [-0.4, -0.2) is 48.2 Å². The molecule has 0 saturated carbocycles. The summed E-state index contributed by atoms with van der Waals surface area (Å²) < 4.78 is 5.95. The van der Waals surface area contributed by atoms with Crippen molar-refractivity contribution in [2.45, 2.75) is 72.8 Å². The summed E-state index contributed by atoms with van der Waals surface area (Å²) in [4.78, 5) is 39.5. The summed E-state index contributed by atoms with van der Waals surface area (Å²) in [7, 11) is 0. The molecule has 36 heavy (non-hydrogen) atoms. The first kappa shape index (κ1) is 27.4. The highest BCUT2D eigenvalue weighted by atomic mass is 16.5. The van der Waals surface area contributed by atoms with E-state index in [0.717, 1.165) is 37.0 Å². The van der Waals surface area contributed by atoms with Gasteiger partial charge >= 0.3 is 0 Å². The normalized spacial score (nSPS) is 14.4. The molecule has 1 aliphatic rings. The van der Waals surface area contributed by atoms with E-state index in [1.54, 1.807) is 24.3 Å². The second-order valence-electron chi connectivity index (χ2n) is 10.5. The number of hydrogen-bond acceptors (Lipinski definition) is 4. The molecule has 3 rings (SSSR count). The molecule has 1 fully saturated rings. The molecule has 2 aromatic rings. The van der Waals surface area contributed by atoms with Gasteiger partial charge in [0.2, 0.25) is 5.91 Å². The molecule has 0 bridgehead atoms. The molecule has 1 aliphatic heterocycles. The van der Waals surface area contributed by atoms with Crippen molar-refractivity contribution in [1.82, 2.24) is 10.2 Å². The molecule has 0 unspecified atom stereocenters. The smallest absolute Gasteiger partial charge is 0.253 e. The maximum absolute atomic E-state index is 13.0. The average molecular weight is 493 g/mol. The van der Waals surface area contributed by atoms with E-state index < -0.39 is 5.41 Å². The quantitative estimate of drug-likeness (QED) is 0.351. The minimum atomic E-state index is -0.490. The number of rotatable bonds is 10. The molecule has 6 nitrogen and oxygen atoms in total. The van der Waals surface area contributed by atoms with Crippen LogP contribution < -0.4 is 10.1 Å². The Hall–Kier alpha value is -3.15. The van der Waals surface area contributed by atoms with Crippen LogP contribution in [0.15, 0.2) is 42.5 Å². The predicted molar refractivity (Wildman–Crippen MR) is 143 cm³/mol. The Morgan fingerprint density at radius 3 is 2.28 bits per heavy atom. The second-order valence-corrected chi connectivity index (χ2v) is 10.5. The number of aryl methyl sites for hydroxylation is 2. The van der Waals surface area contributed by atoms with Gasteiger partial charge < -0.3 is 15.0 Å². The zero-order valence-corrected chi connectivity index (χ0v) is 22.4. The Balaban J connectivity index is 1.42. The first-order valence-electron chi connectivity index (χ1n) is 13.0. The lowest BCUT2D eigenvalue weighted by Gasteiger charge is -2.34. The summed E-state index contributed by atoms with van der Waals surface area (Å²) in [5, 5.41) is 3.20. The van der Waals surface area contributed by atoms with Gasteiger partial charge in [0.05, 0.1) is 6.61 Å². The van der Waals surface area contributed by atoms with Crippen molar-refractivity contribution in [2.24, 2.45) is 5.41 Å². The van der Waals surface area contributed by atoms with Crippen LogP contribution in [0.1, 0.15) is 84.7 Å². The zero-order valence-electron chi connectivity index (χ0n) is 22.4. The molecule has 0 aromatic heterocycles. The second kappa shape index (κ2) is 12.2. The van der Waals surface area contributed by atoms with E-state index >= 15 is 0 Å². The Kier molecular flexibility index (Phi) is 9.30. The van der Waals surface area contributed by atoms with Crippen molar-refractivity contribution in [3.05, 3.63) is 64.7 Å². The van der Waals surface area contributed by atoms with Gasteiger partial charge in [0.1, 0.15) is 5.75 Å². The Labute approximate surface area is 215 Å². The fourth-order valence-electron chi connectivity index (χ4n) is 4.47. The van der Waals surface area contributed by atoms with Gasteiger partial charge in [-0.25, -0.2) is 0 Å². The molecule has 0 atom stereocenters. The van der Waals surface area contributed by atoms with Crippen LogP contribution >= 0.6 is 0 Å². The number of carbonyl (C=O) groups excluding carboxylic acids is 3. The molecule has 1 heterocycles. The van der Waals surface area contributed by atoms with Gasteiger partial charge in [-0.1, -0.05) is 45.0 Å². The lowest BCUT2D eigenvalue weighted by atomic mass is 9.86. The molecule has 0 spiro atoms. The Morgan fingerprint density at radius 2 is 1.64 bits per heavy atom. The van der Waals surface area contributed by atoms with E-state index in [1.807, 2.05) is 45.6 Å². The van der Waals surface area contributed by atoms with Crippen molar-refractivity contribution in [3.8, 4) is 5.75 Å². The zero-order chi connectivity index (χ0) is 26.3. The fourth-order valence-corrected chi connectivity index (χ4v) is 4.47. The number of nitrogens with zero attached hydrogens (tertiary/aromatic N) is 1. The van der Waals surface area contributed by atoms with Crippen LogP contribution in [0.3, 0.4) is 0 Å². The number of ether oxygens (including phenoxy) is 1. The fraction of sp³-hybridized carbons (Fsp3) is 0.500. The molecule has 1 saturated heterocycles. The average Bonchev–Trinajstić information content (AvgIpc) is 2.88. The number of likely N-dealkylation sites (tertiary alicyclic amines) is 1. The number of ketones is 1. The maximum Gasteiger partial charge on any atom is 0.253 e. The van der Waals surface area contributed by atoms with Crippen molar-refractivity contribution in [1.29, 1.82) is 0 Å². The SMILES string of the molecule is CCC(=O)c1ccc(C(=O)N2CCC(NC(=O)C(C)(C)CCCOc3cc(C)ccc3C)CC2)cc1. The highest BCUT2D eigenvalue weighted by Gasteiger charge is 2.31. The van der Waals surface area contributed by atoms with E-state index in [0.29, 0.717) is 37.2 Å². The third-order valence-electron chi connectivity index (χ3n) is 7.05. The molecular weight excluding hydrogens is 452 g/mol. The number of piperidine rings is 1. The molecule has 0 radical (unpaired) electrons. The largest absolute Gasteiger partial charge is 0.493 e. The van der Waals surface area contributed by atoms with Gasteiger partial charge in [0, 0.05) is 42.1 Å². The van der Waals surface area contributed by atoms with Crippen molar-refractivity contribution < 1.29 is 19.1 Å². The van der Waals surface area contributed by atoms with E-state index in [-0.39, 0.29) is 23.6 Å². The van der Waals surface area contributed by atoms with E-state index in [4.69, 9.17) is 4.74 Å². The molecule has 0 aliphatic carbocycles. The molecule has 194 valence electrons. The van der Waals surface area contributed by atoms with Gasteiger partial charge in [0.15, 0.2) is 5.78 Å². The summed E-state index contributed by atoms with van der Waals surface area (Å²) in [6, 6.07) is 13.2. The number of Topliss-reactive ketones (excluding diaryl/α,β-unsaturated/α-hetero) is 1. The lowest BCUT2D eigenvalue weighted by Crippen LogP contribution is -2.49. The van der Waals surface area contributed by atoms with Gasteiger partial charge in [-0.2, -0.15) is 0 Å². The van der Waals surface area contributed by atoms with Crippen LogP contribution in [0.25, 0.3) is 0 Å². The van der Waals surface area contributed by atoms with E-state index in [1.165, 1.54) is 5.56 Å². The van der Waals surface area contributed by atoms with Crippen molar-refractivity contribution in [2.75, 3.05) is 19.7 Å². The summed E-state index contributed by atoms with van der Waals surface area (Å²) in [5.41, 5.74) is 3.02. The number of carbonyl (C=O) groups is 3. The third-order valence-corrected chi connectivity index (χ3v) is 7.05. The third kappa shape index (κ3) is 7.19. The van der Waals surface area contributed by atoms with Gasteiger partial charge in [-0.3, -0.25) is 14.4 Å². The van der Waals surface area contributed by atoms with Crippen LogP contribution in [0.4, 0.5) is 0 Å². The number of amides is 2. The Bertz CT molecular complexity index is 1070. The number of benzene rings is 2. The van der Waals surface area contributed by atoms with Gasteiger partial charge in [0.25, 0.3) is 5.91 Å². The molecule has 2 aromatic carbocycles. The molecule has 6 heteroatoms. The first-order valence-corrected chi connectivity index (χ1v) is 13.0. The van der Waals surface area contributed by atoms with Crippen molar-refractivity contribution in [3.63, 3.8) is 0 Å². The summed E-state index contributed by atoms with van der Waals surface area (Å²) in [5.74, 6) is 1.00. The topological polar surface area (TPSA) is 75.7 Å². The summed E-state index contributed by atoms with van der Waals surface area (Å²) in [6.45, 7) is 11.7. The van der Waals surface area contributed by atoms with Crippen LogP contribution in [0, 0.1) is 19.3 Å². The minimum Gasteiger partial charge on any atom is -0.493 e. The highest BCUT2D eigenvalue weighted by Crippen LogP contribution is 2.25. The lowest BCUT2D eigenvalue weighted by molar-refractivity contribution is -0.130. The summed E-state index contributed by atoms with van der Waals surface area (Å²) in [6.07, 6.45) is 3.44. The molecular formula is C30H40N2O4. The molecule has 2 amide bonds. The van der Waals surface area contributed by atoms with Crippen LogP contribution in [0.5, 0.6) is 5.75 Å². The van der Waals surface area contributed by atoms with Crippen LogP contribution in [-0.2, 0) is 4.79 Å². The van der Waals surface area contributed by atoms with Crippen molar-refractivity contribution >= 4 is 17.6 Å². The minimum absolute atomic E-state index is 0.0283. The monoisotopic (exact) mass is 492 g/mol. The van der Waals surface area contributed by atoms with Crippen LogP contribution in [0.2, 0.25) is 0 Å². The standard InChI is InChI=1S/C30H40N2O4/c1-6-26(33)23-10-12-24(13-11-23)28(34)32-17-14-25(15-18-32)31-29(35)30(4,5)16-7-19-36-27-20-21(2)8-9-22(27)3/h8-13,20,25H,6-7,14-19H2,1-5H3,(H,31,35). The Morgan fingerprint density at radius 1 is 1.00 bits per heavy atom. The number of hydrogen-bond donors (Lipinski definition) is 1. The maximum atomic E-state index is 13.0. The number of nitrogens with one attached hydrogen (secondary N) is 1. The van der Waals surface area contributed by atoms with Gasteiger partial charge in [-0.15, -0.1) is 0 Å². The van der Waals surface area contributed by atoms with Gasteiger partial charge in [-0.05, 0) is 68.9 Å². The predicted octanol–water partition coefficient (Wildman–Crippen LogP) is 5.50. The first-order chi connectivity index (χ1) is 17.1. The van der Waals surface area contributed by atoms with E-state index in [2.05, 4.69) is 17.4 Å². The molecule has 1 N–H and O–H groups in total. The van der Waals surface area contributed by atoms with E-state index in [9.17, 15) is 14.4 Å².